The number of likely N-dealkylation sites (tertiary alicyclic amines) is 1. The molecule has 1 N–H and O–H groups in total. The van der Waals surface area contributed by atoms with Crippen molar-refractivity contribution >= 4 is 12.1 Å². The maximum Gasteiger partial charge on any atom is 0.410 e. The summed E-state index contributed by atoms with van der Waals surface area (Å²) in [5.74, 6) is -0.379. The van der Waals surface area contributed by atoms with E-state index in [0.29, 0.717) is 12.5 Å². The Morgan fingerprint density at radius 2 is 1.82 bits per heavy atom. The first-order chi connectivity index (χ1) is 10.1. The van der Waals surface area contributed by atoms with E-state index < -0.39 is 11.6 Å². The molecule has 6 heteroatoms. The minimum atomic E-state index is -0.781. The molecular weight excluding hydrogens is 284 g/mol. The Hall–Kier alpha value is -1.30. The molecule has 128 valence electrons. The molecule has 0 aromatic carbocycles. The molecule has 22 heavy (non-hydrogen) atoms. The third-order valence-electron chi connectivity index (χ3n) is 3.77. The van der Waals surface area contributed by atoms with Crippen molar-refractivity contribution in [3.63, 3.8) is 0 Å². The molecule has 1 aliphatic rings. The molecule has 1 aliphatic heterocycles. The van der Waals surface area contributed by atoms with Crippen LogP contribution < -0.4 is 0 Å². The lowest BCUT2D eigenvalue weighted by Gasteiger charge is -2.36. The summed E-state index contributed by atoms with van der Waals surface area (Å²) in [6.07, 6.45) is 1.56. The number of nitrogens with zero attached hydrogens (tertiary/aromatic N) is 2. The summed E-state index contributed by atoms with van der Waals surface area (Å²) in [7, 11) is 0. The van der Waals surface area contributed by atoms with Crippen molar-refractivity contribution in [1.29, 1.82) is 0 Å². The smallest absolute Gasteiger partial charge is 0.410 e. The van der Waals surface area contributed by atoms with Gasteiger partial charge in [0, 0.05) is 12.6 Å². The van der Waals surface area contributed by atoms with Crippen LogP contribution in [0.15, 0.2) is 0 Å². The van der Waals surface area contributed by atoms with Crippen LogP contribution >= 0.6 is 0 Å². The molecule has 1 heterocycles. The second kappa shape index (κ2) is 7.81. The van der Waals surface area contributed by atoms with Gasteiger partial charge in [-0.05, 0) is 66.5 Å². The van der Waals surface area contributed by atoms with Gasteiger partial charge in [-0.15, -0.1) is 0 Å². The zero-order valence-corrected chi connectivity index (χ0v) is 14.5. The highest BCUT2D eigenvalue weighted by Gasteiger charge is 2.28. The lowest BCUT2D eigenvalue weighted by molar-refractivity contribution is -0.138. The Balaban J connectivity index is 2.52. The minimum Gasteiger partial charge on any atom is -0.480 e. The highest BCUT2D eigenvalue weighted by Crippen LogP contribution is 2.21. The number of aliphatic carboxylic acids is 1. The Kier molecular flexibility index (Phi) is 6.66. The Morgan fingerprint density at radius 3 is 2.23 bits per heavy atom. The van der Waals surface area contributed by atoms with Gasteiger partial charge in [-0.25, -0.2) is 4.79 Å². The van der Waals surface area contributed by atoms with Crippen molar-refractivity contribution in [2.45, 2.75) is 59.1 Å². The highest BCUT2D eigenvalue weighted by atomic mass is 16.6. The van der Waals surface area contributed by atoms with Gasteiger partial charge in [-0.3, -0.25) is 9.69 Å². The minimum absolute atomic E-state index is 0.0897. The van der Waals surface area contributed by atoms with Crippen LogP contribution in [0.3, 0.4) is 0 Å². The molecule has 1 fully saturated rings. The van der Waals surface area contributed by atoms with Crippen LogP contribution in [0.25, 0.3) is 0 Å². The molecule has 1 saturated heterocycles. The zero-order chi connectivity index (χ0) is 16.9. The van der Waals surface area contributed by atoms with Crippen LogP contribution in [0.4, 0.5) is 4.79 Å². The Labute approximate surface area is 133 Å². The van der Waals surface area contributed by atoms with Gasteiger partial charge in [0.15, 0.2) is 0 Å². The van der Waals surface area contributed by atoms with E-state index in [4.69, 9.17) is 9.84 Å². The average Bonchev–Trinajstić information content (AvgIpc) is 2.34. The lowest BCUT2D eigenvalue weighted by atomic mass is 9.96. The summed E-state index contributed by atoms with van der Waals surface area (Å²) in [6, 6.07) is 0.0897. The number of carbonyl (C=O) groups is 2. The summed E-state index contributed by atoms with van der Waals surface area (Å²) in [5.41, 5.74) is -0.491. The van der Waals surface area contributed by atoms with Crippen LogP contribution in [0.1, 0.15) is 47.5 Å². The normalized spacial score (nSPS) is 17.5. The van der Waals surface area contributed by atoms with Gasteiger partial charge in [0.2, 0.25) is 0 Å². The number of hydrogen-bond acceptors (Lipinski definition) is 4. The van der Waals surface area contributed by atoms with Crippen molar-refractivity contribution in [1.82, 2.24) is 9.80 Å². The van der Waals surface area contributed by atoms with Crippen molar-refractivity contribution in [3.8, 4) is 0 Å². The monoisotopic (exact) mass is 314 g/mol. The van der Waals surface area contributed by atoms with E-state index in [-0.39, 0.29) is 18.7 Å². The van der Waals surface area contributed by atoms with Gasteiger partial charge in [0.1, 0.15) is 5.60 Å². The molecule has 0 bridgehead atoms. The van der Waals surface area contributed by atoms with Gasteiger partial charge in [0.25, 0.3) is 0 Å². The number of carboxylic acid groups (broad SMARTS) is 1. The molecule has 0 aromatic rings. The average molecular weight is 314 g/mol. The first-order valence-electron chi connectivity index (χ1n) is 8.02. The molecular formula is C16H30N2O4. The van der Waals surface area contributed by atoms with Crippen molar-refractivity contribution in [3.05, 3.63) is 0 Å². The Morgan fingerprint density at radius 1 is 1.27 bits per heavy atom. The number of hydrogen-bond donors (Lipinski definition) is 1. The van der Waals surface area contributed by atoms with Gasteiger partial charge in [-0.2, -0.15) is 0 Å². The zero-order valence-electron chi connectivity index (χ0n) is 14.5. The van der Waals surface area contributed by atoms with E-state index in [0.717, 1.165) is 25.9 Å². The predicted octanol–water partition coefficient (Wildman–Crippen LogP) is 2.43. The van der Waals surface area contributed by atoms with Gasteiger partial charge in [0.05, 0.1) is 6.54 Å². The molecule has 1 amide bonds. The third-order valence-corrected chi connectivity index (χ3v) is 3.77. The topological polar surface area (TPSA) is 70.1 Å². The second-order valence-electron chi connectivity index (χ2n) is 7.34. The van der Waals surface area contributed by atoms with Gasteiger partial charge < -0.3 is 14.7 Å². The van der Waals surface area contributed by atoms with E-state index in [1.54, 1.807) is 4.90 Å². The molecule has 0 aliphatic carbocycles. The quantitative estimate of drug-likeness (QED) is 0.844. The van der Waals surface area contributed by atoms with E-state index in [1.807, 2.05) is 39.5 Å². The SMILES string of the molecule is CC(C)N(CC1CCN(CC(=O)O)CC1)C(=O)OC(C)(C)C. The molecule has 0 radical (unpaired) electrons. The van der Waals surface area contributed by atoms with Crippen LogP contribution in [-0.4, -0.2) is 64.8 Å². The predicted molar refractivity (Wildman–Crippen MR) is 84.9 cm³/mol. The van der Waals surface area contributed by atoms with Crippen molar-refractivity contribution in [2.75, 3.05) is 26.2 Å². The number of rotatable bonds is 5. The third kappa shape index (κ3) is 6.64. The maximum absolute atomic E-state index is 12.3. The van der Waals surface area contributed by atoms with Crippen LogP contribution in [0.5, 0.6) is 0 Å². The summed E-state index contributed by atoms with van der Waals surface area (Å²) in [6.45, 7) is 11.9. The summed E-state index contributed by atoms with van der Waals surface area (Å²) in [4.78, 5) is 26.8. The van der Waals surface area contributed by atoms with Gasteiger partial charge >= 0.3 is 12.1 Å². The molecule has 6 nitrogen and oxygen atoms in total. The fraction of sp³-hybridized carbons (Fsp3) is 0.875. The van der Waals surface area contributed by atoms with E-state index in [2.05, 4.69) is 0 Å². The second-order valence-corrected chi connectivity index (χ2v) is 7.34. The standard InChI is InChI=1S/C16H30N2O4/c1-12(2)18(15(21)22-16(3,4)5)10-13-6-8-17(9-7-13)11-14(19)20/h12-13H,6-11H2,1-5H3,(H,19,20). The molecule has 0 atom stereocenters. The van der Waals surface area contributed by atoms with E-state index >= 15 is 0 Å². The first kappa shape index (κ1) is 18.7. The number of amides is 1. The summed E-state index contributed by atoms with van der Waals surface area (Å²) in [5, 5.41) is 8.82. The molecule has 0 spiro atoms. The molecule has 0 saturated carbocycles. The largest absolute Gasteiger partial charge is 0.480 e. The molecule has 0 aromatic heterocycles. The number of piperidine rings is 1. The summed E-state index contributed by atoms with van der Waals surface area (Å²) < 4.78 is 5.48. The van der Waals surface area contributed by atoms with Crippen LogP contribution in [0, 0.1) is 5.92 Å². The highest BCUT2D eigenvalue weighted by molar-refractivity contribution is 5.69. The van der Waals surface area contributed by atoms with Crippen molar-refractivity contribution in [2.24, 2.45) is 5.92 Å². The fourth-order valence-corrected chi connectivity index (χ4v) is 2.61. The van der Waals surface area contributed by atoms with Crippen LogP contribution in [0.2, 0.25) is 0 Å². The fourth-order valence-electron chi connectivity index (χ4n) is 2.61. The Bertz CT molecular complexity index is 382. The number of ether oxygens (including phenoxy) is 1. The number of carbonyl (C=O) groups excluding carboxylic acids is 1. The van der Waals surface area contributed by atoms with Crippen LogP contribution in [-0.2, 0) is 9.53 Å². The maximum atomic E-state index is 12.3. The molecule has 1 rings (SSSR count). The van der Waals surface area contributed by atoms with E-state index in [9.17, 15) is 9.59 Å². The van der Waals surface area contributed by atoms with Gasteiger partial charge in [-0.1, -0.05) is 0 Å². The molecule has 0 unspecified atom stereocenters. The van der Waals surface area contributed by atoms with E-state index in [1.165, 1.54) is 0 Å². The van der Waals surface area contributed by atoms with Crippen molar-refractivity contribution < 1.29 is 19.4 Å². The number of carboxylic acids is 1. The first-order valence-corrected chi connectivity index (χ1v) is 8.02. The summed E-state index contributed by atoms with van der Waals surface area (Å²) >= 11 is 0. The lowest BCUT2D eigenvalue weighted by Crippen LogP contribution is -2.46.